The number of nitrogens with zero attached hydrogens (tertiary/aromatic N) is 7. The van der Waals surface area contributed by atoms with Crippen molar-refractivity contribution in [1.82, 2.24) is 29.9 Å². The molecule has 0 bridgehead atoms. The summed E-state index contributed by atoms with van der Waals surface area (Å²) in [6.07, 6.45) is 4.53. The molecule has 1 aromatic carbocycles. The fourth-order valence-corrected chi connectivity index (χ4v) is 3.63. The average molecular weight is 441 g/mol. The Kier molecular flexibility index (Phi) is 7.74. The van der Waals surface area contributed by atoms with Crippen LogP contribution < -0.4 is 15.4 Å². The van der Waals surface area contributed by atoms with Crippen LogP contribution in [0, 0.1) is 0 Å². The van der Waals surface area contributed by atoms with E-state index in [1.54, 1.807) is 12.2 Å². The summed E-state index contributed by atoms with van der Waals surface area (Å²) in [4.78, 5) is 8.39. The van der Waals surface area contributed by atoms with E-state index < -0.39 is 0 Å². The minimum Gasteiger partial charge on any atom is -0.494 e. The molecule has 3 rings (SSSR count). The fraction of sp³-hybridized carbons (Fsp3) is 0.333. The number of nitrogen functional groups attached to an aromatic ring is 1. The van der Waals surface area contributed by atoms with E-state index in [1.165, 1.54) is 16.0 Å². The molecule has 2 heterocycles. The number of benzene rings is 1. The minimum atomic E-state index is 0.247. The van der Waals surface area contributed by atoms with E-state index in [2.05, 4.69) is 52.4 Å². The summed E-state index contributed by atoms with van der Waals surface area (Å²) in [6, 6.07) is 7.82. The number of rotatable bonds is 12. The molecule has 0 saturated heterocycles. The standard InChI is InChI=1S/C21H28N8OS/c1-5-12-28(13-6-2)20-23-19(22)29(26-20)21-25-24-18(31-21)16-8-10-17(11-9-16)30-15-7-14-27(3)4/h5-6,8-11H,1-2,7,12-15H2,3-4H3,(H2,22,23,26). The van der Waals surface area contributed by atoms with E-state index in [0.717, 1.165) is 29.3 Å². The minimum absolute atomic E-state index is 0.247. The highest BCUT2D eigenvalue weighted by Gasteiger charge is 2.17. The van der Waals surface area contributed by atoms with Crippen molar-refractivity contribution in [1.29, 1.82) is 0 Å². The molecule has 3 aromatic rings. The van der Waals surface area contributed by atoms with E-state index in [4.69, 9.17) is 10.5 Å². The maximum absolute atomic E-state index is 6.08. The molecule has 0 aliphatic rings. The van der Waals surface area contributed by atoms with Crippen molar-refractivity contribution in [2.24, 2.45) is 0 Å². The molecule has 0 aliphatic heterocycles. The first-order valence-electron chi connectivity index (χ1n) is 9.93. The van der Waals surface area contributed by atoms with E-state index in [-0.39, 0.29) is 5.95 Å². The molecule has 0 unspecified atom stereocenters. The summed E-state index contributed by atoms with van der Waals surface area (Å²) in [7, 11) is 4.11. The van der Waals surface area contributed by atoms with Crippen molar-refractivity contribution < 1.29 is 4.74 Å². The van der Waals surface area contributed by atoms with E-state index in [9.17, 15) is 0 Å². The van der Waals surface area contributed by atoms with E-state index in [1.807, 2.05) is 29.2 Å². The molecule has 0 atom stereocenters. The number of aromatic nitrogens is 5. The lowest BCUT2D eigenvalue weighted by Crippen LogP contribution is -2.24. The van der Waals surface area contributed by atoms with Crippen LogP contribution in [0.1, 0.15) is 6.42 Å². The van der Waals surface area contributed by atoms with Crippen molar-refractivity contribution in [2.45, 2.75) is 6.42 Å². The van der Waals surface area contributed by atoms with Gasteiger partial charge in [0.15, 0.2) is 0 Å². The highest BCUT2D eigenvalue weighted by atomic mass is 32.1. The molecule has 164 valence electrons. The zero-order valence-corrected chi connectivity index (χ0v) is 18.8. The third-order valence-electron chi connectivity index (χ3n) is 4.32. The first-order chi connectivity index (χ1) is 15.0. The van der Waals surface area contributed by atoms with Gasteiger partial charge in [-0.25, -0.2) is 0 Å². The van der Waals surface area contributed by atoms with Crippen molar-refractivity contribution >= 4 is 23.2 Å². The number of nitrogens with two attached hydrogens (primary N) is 1. The topological polar surface area (TPSA) is 98.2 Å². The van der Waals surface area contributed by atoms with Gasteiger partial charge in [0.2, 0.25) is 17.0 Å². The van der Waals surface area contributed by atoms with Gasteiger partial charge in [0.05, 0.1) is 6.61 Å². The van der Waals surface area contributed by atoms with E-state index in [0.29, 0.717) is 30.8 Å². The zero-order chi connectivity index (χ0) is 22.2. The summed E-state index contributed by atoms with van der Waals surface area (Å²) in [5, 5.41) is 14.3. The van der Waals surface area contributed by atoms with Gasteiger partial charge in [0.25, 0.3) is 0 Å². The van der Waals surface area contributed by atoms with Crippen LogP contribution in [0.15, 0.2) is 49.6 Å². The number of hydrogen-bond donors (Lipinski definition) is 1. The highest BCUT2D eigenvalue weighted by Crippen LogP contribution is 2.28. The summed E-state index contributed by atoms with van der Waals surface area (Å²) < 4.78 is 7.28. The van der Waals surface area contributed by atoms with Crippen molar-refractivity contribution in [2.75, 3.05) is 51.0 Å². The second kappa shape index (κ2) is 10.7. The Labute approximate surface area is 186 Å². The predicted molar refractivity (Wildman–Crippen MR) is 126 cm³/mol. The van der Waals surface area contributed by atoms with Crippen molar-refractivity contribution in [3.63, 3.8) is 0 Å². The number of anilines is 2. The molecule has 0 radical (unpaired) electrons. The normalized spacial score (nSPS) is 10.9. The molecule has 0 amide bonds. The zero-order valence-electron chi connectivity index (χ0n) is 17.9. The average Bonchev–Trinajstić information content (AvgIpc) is 3.38. The molecule has 31 heavy (non-hydrogen) atoms. The molecule has 0 aliphatic carbocycles. The first kappa shape index (κ1) is 22.4. The van der Waals surface area contributed by atoms with Crippen LogP contribution in [0.3, 0.4) is 0 Å². The van der Waals surface area contributed by atoms with Gasteiger partial charge < -0.3 is 20.3 Å². The second-order valence-corrected chi connectivity index (χ2v) is 8.04. The lowest BCUT2D eigenvalue weighted by molar-refractivity contribution is 0.281. The Morgan fingerprint density at radius 2 is 1.84 bits per heavy atom. The molecule has 2 aromatic heterocycles. The molecule has 2 N–H and O–H groups in total. The Morgan fingerprint density at radius 1 is 1.13 bits per heavy atom. The summed E-state index contributed by atoms with van der Waals surface area (Å²) in [5.41, 5.74) is 7.03. The van der Waals surface area contributed by atoms with Crippen LogP contribution in [0.25, 0.3) is 15.7 Å². The third-order valence-corrected chi connectivity index (χ3v) is 5.27. The van der Waals surface area contributed by atoms with Crippen LogP contribution in [0.5, 0.6) is 5.75 Å². The van der Waals surface area contributed by atoms with Gasteiger partial charge >= 0.3 is 0 Å². The maximum Gasteiger partial charge on any atom is 0.247 e. The molecule has 9 nitrogen and oxygen atoms in total. The Hall–Kier alpha value is -3.24. The highest BCUT2D eigenvalue weighted by molar-refractivity contribution is 7.17. The molecule has 10 heteroatoms. The smallest absolute Gasteiger partial charge is 0.247 e. The fourth-order valence-electron chi connectivity index (χ4n) is 2.82. The van der Waals surface area contributed by atoms with Gasteiger partial charge in [-0.2, -0.15) is 9.67 Å². The SMILES string of the molecule is C=CCN(CC=C)c1nc(N)n(-c2nnc(-c3ccc(OCCCN(C)C)cc3)s2)n1. The van der Waals surface area contributed by atoms with Gasteiger partial charge in [0, 0.05) is 25.2 Å². The third kappa shape index (κ3) is 5.89. The Morgan fingerprint density at radius 3 is 2.48 bits per heavy atom. The predicted octanol–water partition coefficient (Wildman–Crippen LogP) is 2.88. The monoisotopic (exact) mass is 440 g/mol. The number of hydrogen-bond acceptors (Lipinski definition) is 9. The summed E-state index contributed by atoms with van der Waals surface area (Å²) in [6.45, 7) is 10.4. The quantitative estimate of drug-likeness (QED) is 0.339. The molecule has 0 fully saturated rings. The van der Waals surface area contributed by atoms with Crippen LogP contribution in [-0.2, 0) is 0 Å². The van der Waals surface area contributed by atoms with Crippen molar-refractivity contribution in [3.05, 3.63) is 49.6 Å². The van der Waals surface area contributed by atoms with Gasteiger partial charge in [-0.15, -0.1) is 28.5 Å². The van der Waals surface area contributed by atoms with Crippen molar-refractivity contribution in [3.8, 4) is 21.5 Å². The molecule has 0 spiro atoms. The Balaban J connectivity index is 1.70. The number of ether oxygens (including phenoxy) is 1. The van der Waals surface area contributed by atoms with Gasteiger partial charge in [-0.1, -0.05) is 23.5 Å². The van der Waals surface area contributed by atoms with Gasteiger partial charge in [-0.05, 0) is 44.8 Å². The molecule has 0 saturated carbocycles. The van der Waals surface area contributed by atoms with Gasteiger partial charge in [-0.3, -0.25) is 0 Å². The summed E-state index contributed by atoms with van der Waals surface area (Å²) in [5.74, 6) is 1.57. The molecular formula is C21H28N8OS. The van der Waals surface area contributed by atoms with Crippen LogP contribution in [0.2, 0.25) is 0 Å². The van der Waals surface area contributed by atoms with Crippen LogP contribution in [-0.4, -0.2) is 70.2 Å². The van der Waals surface area contributed by atoms with Crippen LogP contribution >= 0.6 is 11.3 Å². The Bertz CT molecular complexity index is 985. The second-order valence-electron chi connectivity index (χ2n) is 7.08. The summed E-state index contributed by atoms with van der Waals surface area (Å²) >= 11 is 1.39. The lowest BCUT2D eigenvalue weighted by atomic mass is 10.2. The van der Waals surface area contributed by atoms with Gasteiger partial charge in [0.1, 0.15) is 10.8 Å². The van der Waals surface area contributed by atoms with Crippen LogP contribution in [0.4, 0.5) is 11.9 Å². The maximum atomic E-state index is 6.08. The van der Waals surface area contributed by atoms with E-state index >= 15 is 0 Å². The lowest BCUT2D eigenvalue weighted by Gasteiger charge is -2.16. The first-order valence-corrected chi connectivity index (χ1v) is 10.7. The largest absolute Gasteiger partial charge is 0.494 e. The molecular weight excluding hydrogens is 412 g/mol.